The Kier molecular flexibility index (Phi) is 4.58. The van der Waals surface area contributed by atoms with Crippen LogP contribution >= 0.6 is 0 Å². The number of halogens is 3. The predicted octanol–water partition coefficient (Wildman–Crippen LogP) is 4.13. The quantitative estimate of drug-likeness (QED) is 0.854. The van der Waals surface area contributed by atoms with Gasteiger partial charge in [0.25, 0.3) is 0 Å². The summed E-state index contributed by atoms with van der Waals surface area (Å²) >= 11 is 0. The van der Waals surface area contributed by atoms with Gasteiger partial charge >= 0.3 is 6.18 Å². The van der Waals surface area contributed by atoms with Gasteiger partial charge in [-0.15, -0.1) is 0 Å². The van der Waals surface area contributed by atoms with E-state index in [0.717, 1.165) is 23.4 Å². The Morgan fingerprint density at radius 2 is 1.63 bits per heavy atom. The van der Waals surface area contributed by atoms with Crippen molar-refractivity contribution in [1.82, 2.24) is 5.32 Å². The normalized spacial score (nSPS) is 17.5. The summed E-state index contributed by atoms with van der Waals surface area (Å²) < 4.78 is 37.8. The van der Waals surface area contributed by atoms with Crippen molar-refractivity contribution in [2.45, 2.75) is 37.4 Å². The van der Waals surface area contributed by atoms with E-state index in [-0.39, 0.29) is 11.9 Å². The monoisotopic (exact) mass is 374 g/mol. The van der Waals surface area contributed by atoms with Crippen LogP contribution in [0.1, 0.15) is 35.4 Å². The van der Waals surface area contributed by atoms with Crippen LogP contribution in [0.25, 0.3) is 0 Å². The zero-order valence-corrected chi connectivity index (χ0v) is 14.8. The molecule has 3 nitrogen and oxygen atoms in total. The molecule has 142 valence electrons. The summed E-state index contributed by atoms with van der Waals surface area (Å²) in [6, 6.07) is 13.4. The third kappa shape index (κ3) is 4.26. The first-order valence-electron chi connectivity index (χ1n) is 9.19. The number of alkyl halides is 3. The van der Waals surface area contributed by atoms with Crippen molar-refractivity contribution in [3.63, 3.8) is 0 Å². The Hall–Kier alpha value is -2.50. The number of carbonyl (C=O) groups excluding carboxylic acids is 1. The lowest BCUT2D eigenvalue weighted by Gasteiger charge is -2.41. The molecule has 0 unspecified atom stereocenters. The van der Waals surface area contributed by atoms with Gasteiger partial charge in [-0.2, -0.15) is 13.2 Å². The molecule has 2 aromatic carbocycles. The van der Waals surface area contributed by atoms with Gasteiger partial charge in [0.05, 0.1) is 18.0 Å². The van der Waals surface area contributed by atoms with Gasteiger partial charge in [-0.25, -0.2) is 0 Å². The van der Waals surface area contributed by atoms with Gasteiger partial charge in [0, 0.05) is 18.8 Å². The highest BCUT2D eigenvalue weighted by Gasteiger charge is 2.32. The summed E-state index contributed by atoms with van der Waals surface area (Å²) in [5, 5.41) is 2.99. The van der Waals surface area contributed by atoms with Crippen LogP contribution in [0.3, 0.4) is 0 Å². The average Bonchev–Trinajstić information content (AvgIpc) is 3.43. The molecule has 1 aliphatic heterocycles. The van der Waals surface area contributed by atoms with E-state index in [9.17, 15) is 18.0 Å². The zero-order chi connectivity index (χ0) is 19.0. The number of nitrogens with zero attached hydrogens (tertiary/aromatic N) is 1. The van der Waals surface area contributed by atoms with E-state index in [1.165, 1.54) is 30.5 Å². The van der Waals surface area contributed by atoms with E-state index < -0.39 is 11.7 Å². The number of nitrogens with one attached hydrogen (secondary N) is 1. The summed E-state index contributed by atoms with van der Waals surface area (Å²) in [7, 11) is 0. The predicted molar refractivity (Wildman–Crippen MR) is 97.7 cm³/mol. The van der Waals surface area contributed by atoms with Crippen LogP contribution in [-0.4, -0.2) is 25.0 Å². The maximum atomic E-state index is 12.6. The number of hydrogen-bond donors (Lipinski definition) is 1. The lowest BCUT2D eigenvalue weighted by Crippen LogP contribution is -2.59. The highest BCUT2D eigenvalue weighted by atomic mass is 19.4. The van der Waals surface area contributed by atoms with Crippen LogP contribution in [0, 0.1) is 0 Å². The second-order valence-electron chi connectivity index (χ2n) is 7.41. The van der Waals surface area contributed by atoms with E-state index in [0.29, 0.717) is 25.4 Å². The number of anilines is 1. The first kappa shape index (κ1) is 17.9. The Morgan fingerprint density at radius 1 is 1.00 bits per heavy atom. The van der Waals surface area contributed by atoms with E-state index in [1.54, 1.807) is 0 Å². The molecule has 4 rings (SSSR count). The third-order valence-electron chi connectivity index (χ3n) is 5.20. The van der Waals surface area contributed by atoms with Crippen molar-refractivity contribution in [3.05, 3.63) is 65.2 Å². The van der Waals surface area contributed by atoms with Crippen molar-refractivity contribution in [1.29, 1.82) is 0 Å². The molecule has 2 aliphatic rings. The Labute approximate surface area is 156 Å². The minimum atomic E-state index is -4.32. The summed E-state index contributed by atoms with van der Waals surface area (Å²) in [5.74, 6) is 0.685. The Morgan fingerprint density at radius 3 is 2.19 bits per heavy atom. The van der Waals surface area contributed by atoms with E-state index in [2.05, 4.69) is 17.4 Å². The number of carbonyl (C=O) groups is 1. The van der Waals surface area contributed by atoms with Gasteiger partial charge < -0.3 is 10.2 Å². The number of benzene rings is 2. The fraction of sp³-hybridized carbons (Fsp3) is 0.381. The molecule has 27 heavy (non-hydrogen) atoms. The molecule has 1 saturated carbocycles. The Balaban J connectivity index is 1.24. The van der Waals surface area contributed by atoms with Gasteiger partial charge in [0.1, 0.15) is 0 Å². The molecule has 0 spiro atoms. The first-order chi connectivity index (χ1) is 12.9. The van der Waals surface area contributed by atoms with Crippen LogP contribution < -0.4 is 10.2 Å². The summed E-state index contributed by atoms with van der Waals surface area (Å²) in [6.07, 6.45) is -1.45. The maximum Gasteiger partial charge on any atom is 0.416 e. The second kappa shape index (κ2) is 6.91. The fourth-order valence-electron chi connectivity index (χ4n) is 3.43. The topological polar surface area (TPSA) is 32.3 Å². The standard InChI is InChI=1S/C21H21F3N2O/c22-21(23,24)17-7-9-19(10-8-17)26-12-18(13-26)25-20(27)11-14-1-3-15(4-2-14)16-5-6-16/h1-4,7-10,16,18H,5-6,11-13H2,(H,25,27). The molecule has 1 saturated heterocycles. The molecule has 0 radical (unpaired) electrons. The van der Waals surface area contributed by atoms with Gasteiger partial charge in [-0.1, -0.05) is 24.3 Å². The van der Waals surface area contributed by atoms with Crippen molar-refractivity contribution < 1.29 is 18.0 Å². The largest absolute Gasteiger partial charge is 0.416 e. The fourth-order valence-corrected chi connectivity index (χ4v) is 3.43. The molecule has 1 amide bonds. The molecule has 1 heterocycles. The average molecular weight is 374 g/mol. The number of rotatable bonds is 5. The molecule has 2 fully saturated rings. The van der Waals surface area contributed by atoms with Gasteiger partial charge in [0.2, 0.25) is 5.91 Å². The molecular formula is C21H21F3N2O. The van der Waals surface area contributed by atoms with Crippen LogP contribution in [0.2, 0.25) is 0 Å². The molecule has 1 aliphatic carbocycles. The highest BCUT2D eigenvalue weighted by Crippen LogP contribution is 2.39. The highest BCUT2D eigenvalue weighted by molar-refractivity contribution is 5.79. The van der Waals surface area contributed by atoms with Crippen molar-refractivity contribution in [2.24, 2.45) is 0 Å². The van der Waals surface area contributed by atoms with Crippen LogP contribution in [-0.2, 0) is 17.4 Å². The van der Waals surface area contributed by atoms with Crippen LogP contribution in [0.5, 0.6) is 0 Å². The number of hydrogen-bond acceptors (Lipinski definition) is 2. The maximum absolute atomic E-state index is 12.6. The molecule has 0 bridgehead atoms. The molecule has 2 aromatic rings. The SMILES string of the molecule is O=C(Cc1ccc(C2CC2)cc1)NC1CN(c2ccc(C(F)(F)F)cc2)C1. The summed E-state index contributed by atoms with van der Waals surface area (Å²) in [5.41, 5.74) is 2.44. The minimum Gasteiger partial charge on any atom is -0.367 e. The Bertz CT molecular complexity index is 805. The minimum absolute atomic E-state index is 0.0220. The molecule has 1 N–H and O–H groups in total. The van der Waals surface area contributed by atoms with Gasteiger partial charge in [-0.05, 0) is 54.2 Å². The zero-order valence-electron chi connectivity index (χ0n) is 14.8. The van der Waals surface area contributed by atoms with Gasteiger partial charge in [-0.3, -0.25) is 4.79 Å². The van der Waals surface area contributed by atoms with E-state index in [4.69, 9.17) is 0 Å². The van der Waals surface area contributed by atoms with E-state index in [1.807, 2.05) is 17.0 Å². The van der Waals surface area contributed by atoms with Gasteiger partial charge in [0.15, 0.2) is 0 Å². The van der Waals surface area contributed by atoms with Crippen LogP contribution in [0.15, 0.2) is 48.5 Å². The molecule has 0 atom stereocenters. The third-order valence-corrected chi connectivity index (χ3v) is 5.20. The lowest BCUT2D eigenvalue weighted by atomic mass is 10.0. The smallest absolute Gasteiger partial charge is 0.367 e. The van der Waals surface area contributed by atoms with E-state index >= 15 is 0 Å². The van der Waals surface area contributed by atoms with Crippen molar-refractivity contribution in [2.75, 3.05) is 18.0 Å². The van der Waals surface area contributed by atoms with Crippen LogP contribution in [0.4, 0.5) is 18.9 Å². The first-order valence-corrected chi connectivity index (χ1v) is 9.19. The van der Waals surface area contributed by atoms with Crippen molar-refractivity contribution in [3.8, 4) is 0 Å². The number of amides is 1. The second-order valence-corrected chi connectivity index (χ2v) is 7.41. The summed E-state index contributed by atoms with van der Waals surface area (Å²) in [6.45, 7) is 1.22. The molecule has 6 heteroatoms. The molecule has 0 aromatic heterocycles. The molecular weight excluding hydrogens is 353 g/mol. The lowest BCUT2D eigenvalue weighted by molar-refractivity contribution is -0.137. The summed E-state index contributed by atoms with van der Waals surface area (Å²) in [4.78, 5) is 14.1. The van der Waals surface area contributed by atoms with Crippen molar-refractivity contribution >= 4 is 11.6 Å².